The fourth-order valence-corrected chi connectivity index (χ4v) is 5.96. The Hall–Kier alpha value is -1.76. The van der Waals surface area contributed by atoms with Crippen molar-refractivity contribution < 1.29 is 4.52 Å². The first-order valence-electron chi connectivity index (χ1n) is 11.7. The molecule has 2 aromatic rings. The van der Waals surface area contributed by atoms with Crippen molar-refractivity contribution in [1.82, 2.24) is 25.9 Å². The molecule has 6 nitrogen and oxygen atoms in total. The van der Waals surface area contributed by atoms with Gasteiger partial charge in [0.05, 0.1) is 12.0 Å². The highest BCUT2D eigenvalue weighted by molar-refractivity contribution is 5.35. The molecule has 2 saturated carbocycles. The number of hydrazine groups is 1. The highest BCUT2D eigenvalue weighted by atomic mass is 16.5. The minimum absolute atomic E-state index is 0.0831. The van der Waals surface area contributed by atoms with Crippen molar-refractivity contribution in [2.45, 2.75) is 82.3 Å². The lowest BCUT2D eigenvalue weighted by Gasteiger charge is -2.29. The van der Waals surface area contributed by atoms with Crippen molar-refractivity contribution in [2.24, 2.45) is 5.92 Å². The third-order valence-electron chi connectivity index (χ3n) is 7.66. The van der Waals surface area contributed by atoms with Crippen LogP contribution in [0.5, 0.6) is 0 Å². The van der Waals surface area contributed by atoms with Gasteiger partial charge in [0.15, 0.2) is 5.82 Å². The van der Waals surface area contributed by atoms with Gasteiger partial charge in [0.1, 0.15) is 0 Å². The van der Waals surface area contributed by atoms with Gasteiger partial charge in [-0.3, -0.25) is 15.8 Å². The Balaban J connectivity index is 1.27. The minimum atomic E-state index is -0.0831. The summed E-state index contributed by atoms with van der Waals surface area (Å²) in [5, 5.41) is 4.48. The van der Waals surface area contributed by atoms with Crippen molar-refractivity contribution in [3.63, 3.8) is 0 Å². The largest absolute Gasteiger partial charge is 0.338 e. The van der Waals surface area contributed by atoms with E-state index in [-0.39, 0.29) is 5.41 Å². The van der Waals surface area contributed by atoms with Crippen LogP contribution in [0.2, 0.25) is 0 Å². The summed E-state index contributed by atoms with van der Waals surface area (Å²) in [6.07, 6.45) is 9.99. The van der Waals surface area contributed by atoms with E-state index in [9.17, 15) is 0 Å². The molecule has 3 unspecified atom stereocenters. The Labute approximate surface area is 179 Å². The normalized spacial score (nSPS) is 28.2. The highest BCUT2D eigenvalue weighted by Gasteiger charge is 2.42. The minimum Gasteiger partial charge on any atom is -0.338 e. The number of hydrogen-bond acceptors (Lipinski definition) is 6. The van der Waals surface area contributed by atoms with Crippen LogP contribution in [0, 0.1) is 12.8 Å². The molecule has 162 valence electrons. The fourth-order valence-electron chi connectivity index (χ4n) is 5.96. The zero-order chi connectivity index (χ0) is 20.6. The molecule has 6 heteroatoms. The van der Waals surface area contributed by atoms with Gasteiger partial charge >= 0.3 is 0 Å². The summed E-state index contributed by atoms with van der Waals surface area (Å²) in [7, 11) is 2.16. The Morgan fingerprint density at radius 1 is 1.07 bits per heavy atom. The number of rotatable bonds is 6. The summed E-state index contributed by atoms with van der Waals surface area (Å²) < 4.78 is 5.75. The van der Waals surface area contributed by atoms with Crippen molar-refractivity contribution in [3.05, 3.63) is 47.1 Å². The second-order valence-electron chi connectivity index (χ2n) is 9.81. The van der Waals surface area contributed by atoms with Gasteiger partial charge in [0, 0.05) is 18.6 Å². The molecule has 1 aliphatic heterocycles. The summed E-state index contributed by atoms with van der Waals surface area (Å²) in [5.41, 5.74) is 9.59. The van der Waals surface area contributed by atoms with E-state index in [1.165, 1.54) is 49.7 Å². The van der Waals surface area contributed by atoms with E-state index in [4.69, 9.17) is 9.51 Å². The summed E-state index contributed by atoms with van der Waals surface area (Å²) >= 11 is 0. The van der Waals surface area contributed by atoms with Gasteiger partial charge in [0.25, 0.3) is 0 Å². The SMILES string of the molecule is Cc1ccc(C2(c3noc(CN(C)CC4NNC5CCCCC54)n3)CCCC2)cc1. The molecule has 3 atom stereocenters. The molecule has 1 aromatic heterocycles. The molecule has 1 aromatic carbocycles. The number of benzene rings is 1. The third kappa shape index (κ3) is 3.81. The molecule has 2 aliphatic carbocycles. The summed E-state index contributed by atoms with van der Waals surface area (Å²) in [6.45, 7) is 3.83. The molecule has 3 fully saturated rings. The smallest absolute Gasteiger partial charge is 0.240 e. The maximum absolute atomic E-state index is 5.75. The van der Waals surface area contributed by atoms with Crippen LogP contribution < -0.4 is 10.9 Å². The highest BCUT2D eigenvalue weighted by Crippen LogP contribution is 2.45. The zero-order valence-electron chi connectivity index (χ0n) is 18.4. The van der Waals surface area contributed by atoms with Crippen LogP contribution >= 0.6 is 0 Å². The van der Waals surface area contributed by atoms with Crippen molar-refractivity contribution in [1.29, 1.82) is 0 Å². The molecular formula is C24H35N5O. The van der Waals surface area contributed by atoms with Crippen LogP contribution in [-0.2, 0) is 12.0 Å². The lowest BCUT2D eigenvalue weighted by Crippen LogP contribution is -2.41. The van der Waals surface area contributed by atoms with Crippen LogP contribution in [0.3, 0.4) is 0 Å². The van der Waals surface area contributed by atoms with Gasteiger partial charge in [-0.15, -0.1) is 0 Å². The predicted octanol–water partition coefficient (Wildman–Crippen LogP) is 3.71. The van der Waals surface area contributed by atoms with Crippen molar-refractivity contribution in [2.75, 3.05) is 13.6 Å². The molecular weight excluding hydrogens is 374 g/mol. The molecule has 5 rings (SSSR count). The first-order chi connectivity index (χ1) is 14.6. The van der Waals surface area contributed by atoms with Crippen LogP contribution in [-0.4, -0.2) is 40.7 Å². The maximum atomic E-state index is 5.75. The van der Waals surface area contributed by atoms with Crippen LogP contribution in [0.4, 0.5) is 0 Å². The van der Waals surface area contributed by atoms with Gasteiger partial charge in [-0.05, 0) is 51.1 Å². The number of aromatic nitrogens is 2. The average molecular weight is 410 g/mol. The topological polar surface area (TPSA) is 66.2 Å². The van der Waals surface area contributed by atoms with E-state index in [1.54, 1.807) is 0 Å². The van der Waals surface area contributed by atoms with Crippen molar-refractivity contribution in [3.8, 4) is 0 Å². The van der Waals surface area contributed by atoms with E-state index in [2.05, 4.69) is 59.1 Å². The molecule has 0 radical (unpaired) electrons. The second-order valence-corrected chi connectivity index (χ2v) is 9.81. The maximum Gasteiger partial charge on any atom is 0.240 e. The van der Waals surface area contributed by atoms with E-state index in [1.807, 2.05) is 0 Å². The Bertz CT molecular complexity index is 842. The van der Waals surface area contributed by atoms with E-state index in [0.29, 0.717) is 18.6 Å². The van der Waals surface area contributed by atoms with Gasteiger partial charge < -0.3 is 4.52 Å². The van der Waals surface area contributed by atoms with Gasteiger partial charge in [-0.2, -0.15) is 4.98 Å². The number of aryl methyl sites for hydroxylation is 1. The Kier molecular flexibility index (Phi) is 5.65. The fraction of sp³-hybridized carbons (Fsp3) is 0.667. The van der Waals surface area contributed by atoms with E-state index >= 15 is 0 Å². The summed E-state index contributed by atoms with van der Waals surface area (Å²) in [6, 6.07) is 10.0. The summed E-state index contributed by atoms with van der Waals surface area (Å²) in [4.78, 5) is 7.22. The van der Waals surface area contributed by atoms with E-state index in [0.717, 1.165) is 37.0 Å². The van der Waals surface area contributed by atoms with Gasteiger partial charge in [-0.1, -0.05) is 60.7 Å². The molecule has 30 heavy (non-hydrogen) atoms. The average Bonchev–Trinajstić information content (AvgIpc) is 3.49. The van der Waals surface area contributed by atoms with Crippen LogP contribution in [0.25, 0.3) is 0 Å². The van der Waals surface area contributed by atoms with Gasteiger partial charge in [-0.25, -0.2) is 0 Å². The number of nitrogens with one attached hydrogen (secondary N) is 2. The third-order valence-corrected chi connectivity index (χ3v) is 7.66. The molecule has 2 heterocycles. The molecule has 0 spiro atoms. The lowest BCUT2D eigenvalue weighted by molar-refractivity contribution is 0.216. The Morgan fingerprint density at radius 3 is 2.63 bits per heavy atom. The quantitative estimate of drug-likeness (QED) is 0.758. The molecule has 1 saturated heterocycles. The standard InChI is InChI=1S/C24H35N5O/c1-17-9-11-18(12-10-17)24(13-5-6-14-24)23-25-22(30-28-23)16-29(2)15-21-19-7-3-4-8-20(19)26-27-21/h9-12,19-21,26-27H,3-8,13-16H2,1-2H3. The monoisotopic (exact) mass is 409 g/mol. The number of hydrogen-bond donors (Lipinski definition) is 2. The molecule has 0 amide bonds. The van der Waals surface area contributed by atoms with Crippen LogP contribution in [0.1, 0.15) is 74.2 Å². The number of nitrogens with zero attached hydrogens (tertiary/aromatic N) is 3. The number of fused-ring (bicyclic) bond motifs is 1. The van der Waals surface area contributed by atoms with Crippen molar-refractivity contribution >= 4 is 0 Å². The second kappa shape index (κ2) is 8.40. The van der Waals surface area contributed by atoms with Crippen LogP contribution in [0.15, 0.2) is 28.8 Å². The molecule has 2 N–H and O–H groups in total. The van der Waals surface area contributed by atoms with E-state index < -0.39 is 0 Å². The first-order valence-corrected chi connectivity index (χ1v) is 11.7. The zero-order valence-corrected chi connectivity index (χ0v) is 18.4. The molecule has 0 bridgehead atoms. The number of likely N-dealkylation sites (N-methyl/N-ethyl adjacent to an activating group) is 1. The predicted molar refractivity (Wildman–Crippen MR) is 117 cm³/mol. The molecule has 3 aliphatic rings. The lowest BCUT2D eigenvalue weighted by atomic mass is 9.78. The summed E-state index contributed by atoms with van der Waals surface area (Å²) in [5.74, 6) is 2.35. The van der Waals surface area contributed by atoms with Gasteiger partial charge in [0.2, 0.25) is 5.89 Å². The Morgan fingerprint density at radius 2 is 1.83 bits per heavy atom. The first kappa shape index (κ1) is 20.2.